The molecule has 0 radical (unpaired) electrons. The van der Waals surface area contributed by atoms with Gasteiger partial charge in [-0.2, -0.15) is 0 Å². The van der Waals surface area contributed by atoms with Crippen LogP contribution in [0.1, 0.15) is 41.4 Å². The number of carboxylic acid groups (broad SMARTS) is 1. The fourth-order valence-electron chi connectivity index (χ4n) is 5.56. The Morgan fingerprint density at radius 1 is 0.825 bits per heavy atom. The Bertz CT molecular complexity index is 1480. The zero-order valence-electron chi connectivity index (χ0n) is 22.8. The molecular formula is C31H31NO8. The summed E-state index contributed by atoms with van der Waals surface area (Å²) in [6.45, 7) is -0.436. The molecule has 3 aromatic carbocycles. The average molecular weight is 546 g/mol. The van der Waals surface area contributed by atoms with Crippen LogP contribution in [0.15, 0.2) is 65.9 Å². The first-order valence-corrected chi connectivity index (χ1v) is 12.8. The minimum absolute atomic E-state index is 0.0354. The van der Waals surface area contributed by atoms with Crippen LogP contribution in [0, 0.1) is 0 Å². The van der Waals surface area contributed by atoms with Gasteiger partial charge in [-0.15, -0.1) is 0 Å². The topological polar surface area (TPSA) is 113 Å². The molecule has 0 saturated carbocycles. The van der Waals surface area contributed by atoms with Gasteiger partial charge in [-0.25, -0.2) is 4.79 Å². The molecule has 1 aliphatic carbocycles. The van der Waals surface area contributed by atoms with Gasteiger partial charge in [0, 0.05) is 47.0 Å². The van der Waals surface area contributed by atoms with E-state index in [0.29, 0.717) is 47.2 Å². The smallest absolute Gasteiger partial charge is 0.341 e. The first-order chi connectivity index (χ1) is 19.4. The summed E-state index contributed by atoms with van der Waals surface area (Å²) in [5.74, 6) is 1.43. The number of Topliss-reactive ketones (excluding diaryl/α,β-unsaturated/α-hetero) is 1. The summed E-state index contributed by atoms with van der Waals surface area (Å²) in [6.07, 6.45) is 0.950. The number of ether oxygens (including phenoxy) is 5. The van der Waals surface area contributed by atoms with E-state index in [2.05, 4.69) is 5.32 Å². The minimum atomic E-state index is -1.05. The molecule has 40 heavy (non-hydrogen) atoms. The number of methoxy groups -OCH3 is 4. The molecule has 0 amide bonds. The molecule has 5 rings (SSSR count). The highest BCUT2D eigenvalue weighted by Crippen LogP contribution is 2.52. The van der Waals surface area contributed by atoms with Gasteiger partial charge in [-0.1, -0.05) is 18.2 Å². The summed E-state index contributed by atoms with van der Waals surface area (Å²) in [5.41, 5.74) is 5.01. The summed E-state index contributed by atoms with van der Waals surface area (Å²) in [7, 11) is 6.38. The highest BCUT2D eigenvalue weighted by Gasteiger charge is 2.40. The fraction of sp³-hybridized carbons (Fsp3) is 0.290. The predicted octanol–water partition coefficient (Wildman–Crippen LogP) is 5.14. The van der Waals surface area contributed by atoms with Gasteiger partial charge < -0.3 is 34.1 Å². The fourth-order valence-corrected chi connectivity index (χ4v) is 5.56. The van der Waals surface area contributed by atoms with E-state index >= 15 is 0 Å². The Balaban J connectivity index is 1.59. The van der Waals surface area contributed by atoms with Crippen LogP contribution in [0.3, 0.4) is 0 Å². The highest BCUT2D eigenvalue weighted by atomic mass is 16.5. The van der Waals surface area contributed by atoms with E-state index in [1.54, 1.807) is 40.6 Å². The van der Waals surface area contributed by atoms with Gasteiger partial charge >= 0.3 is 5.97 Å². The molecule has 0 bridgehead atoms. The molecule has 208 valence electrons. The van der Waals surface area contributed by atoms with E-state index in [1.165, 1.54) is 0 Å². The zero-order valence-corrected chi connectivity index (χ0v) is 22.8. The lowest BCUT2D eigenvalue weighted by Gasteiger charge is -2.37. The quantitative estimate of drug-likeness (QED) is 0.377. The number of carbonyl (C=O) groups excluding carboxylic acids is 1. The van der Waals surface area contributed by atoms with Crippen LogP contribution in [-0.2, 0) is 9.59 Å². The standard InChI is InChI=1S/C31H31NO8/c1-36-21-14-23-31(27(15-21)39-4)29(17-5-8-20(9-6-17)40-16-28(34)35)30-22(32-23)11-19(12-24(30)33)18-7-10-25(37-2)26(13-18)38-3/h5-10,13-15,19,29,32H,11-12,16H2,1-4H3,(H,34,35)/t19-,29+/m0/s1. The van der Waals surface area contributed by atoms with Crippen LogP contribution in [0.2, 0.25) is 0 Å². The van der Waals surface area contributed by atoms with Crippen molar-refractivity contribution in [1.82, 2.24) is 0 Å². The van der Waals surface area contributed by atoms with Crippen LogP contribution < -0.4 is 29.0 Å². The first-order valence-electron chi connectivity index (χ1n) is 12.8. The third-order valence-corrected chi connectivity index (χ3v) is 7.40. The van der Waals surface area contributed by atoms with Gasteiger partial charge in [-0.3, -0.25) is 4.79 Å². The lowest BCUT2D eigenvalue weighted by molar-refractivity contribution is -0.139. The maximum absolute atomic E-state index is 13.9. The second kappa shape index (κ2) is 11.2. The lowest BCUT2D eigenvalue weighted by Crippen LogP contribution is -2.30. The van der Waals surface area contributed by atoms with Crippen molar-refractivity contribution in [3.05, 3.63) is 82.6 Å². The van der Waals surface area contributed by atoms with Crippen LogP contribution in [-0.4, -0.2) is 51.9 Å². The van der Waals surface area contributed by atoms with Gasteiger partial charge in [0.2, 0.25) is 0 Å². The number of anilines is 1. The molecule has 0 unspecified atom stereocenters. The number of ketones is 1. The number of rotatable bonds is 9. The number of carboxylic acids is 1. The number of nitrogens with one attached hydrogen (secondary N) is 1. The summed E-state index contributed by atoms with van der Waals surface area (Å²) in [4.78, 5) is 24.9. The number of hydrogen-bond donors (Lipinski definition) is 2. The molecule has 9 heteroatoms. The third-order valence-electron chi connectivity index (χ3n) is 7.40. The van der Waals surface area contributed by atoms with Crippen molar-refractivity contribution in [3.63, 3.8) is 0 Å². The molecule has 0 aromatic heterocycles. The summed E-state index contributed by atoms with van der Waals surface area (Å²) >= 11 is 0. The van der Waals surface area contributed by atoms with Crippen LogP contribution in [0.25, 0.3) is 0 Å². The largest absolute Gasteiger partial charge is 0.497 e. The van der Waals surface area contributed by atoms with Gasteiger partial charge in [0.15, 0.2) is 23.9 Å². The van der Waals surface area contributed by atoms with E-state index in [1.807, 2.05) is 42.5 Å². The summed E-state index contributed by atoms with van der Waals surface area (Å²) < 4.78 is 27.5. The number of carbonyl (C=O) groups is 2. The van der Waals surface area contributed by atoms with Gasteiger partial charge in [-0.05, 0) is 47.7 Å². The molecule has 2 atom stereocenters. The Kier molecular flexibility index (Phi) is 7.55. The second-order valence-corrected chi connectivity index (χ2v) is 9.64. The Morgan fingerprint density at radius 2 is 1.52 bits per heavy atom. The van der Waals surface area contributed by atoms with Gasteiger partial charge in [0.1, 0.15) is 17.2 Å². The Hall–Kier alpha value is -4.66. The van der Waals surface area contributed by atoms with Crippen molar-refractivity contribution >= 4 is 17.4 Å². The molecule has 3 aromatic rings. The number of aliphatic carboxylic acids is 1. The van der Waals surface area contributed by atoms with Crippen molar-refractivity contribution < 1.29 is 38.4 Å². The third kappa shape index (κ3) is 5.02. The monoisotopic (exact) mass is 545 g/mol. The number of fused-ring (bicyclic) bond motifs is 1. The predicted molar refractivity (Wildman–Crippen MR) is 148 cm³/mol. The van der Waals surface area contributed by atoms with Crippen molar-refractivity contribution in [2.45, 2.75) is 24.7 Å². The van der Waals surface area contributed by atoms with Crippen LogP contribution >= 0.6 is 0 Å². The van der Waals surface area contributed by atoms with Gasteiger partial charge in [0.05, 0.1) is 28.4 Å². The van der Waals surface area contributed by atoms with E-state index < -0.39 is 18.5 Å². The molecule has 1 aliphatic heterocycles. The van der Waals surface area contributed by atoms with Crippen molar-refractivity contribution in [2.24, 2.45) is 0 Å². The Labute approximate surface area is 232 Å². The highest BCUT2D eigenvalue weighted by molar-refractivity contribution is 6.02. The van der Waals surface area contributed by atoms with E-state index in [4.69, 9.17) is 28.8 Å². The van der Waals surface area contributed by atoms with E-state index in [9.17, 15) is 9.59 Å². The molecule has 1 heterocycles. The number of benzene rings is 3. The molecule has 9 nitrogen and oxygen atoms in total. The van der Waals surface area contributed by atoms with E-state index in [0.717, 1.165) is 28.1 Å². The average Bonchev–Trinajstić information content (AvgIpc) is 2.98. The van der Waals surface area contributed by atoms with Crippen molar-refractivity contribution in [1.29, 1.82) is 0 Å². The number of allylic oxidation sites excluding steroid dienone is 2. The van der Waals surface area contributed by atoms with Gasteiger partial charge in [0.25, 0.3) is 0 Å². The SMILES string of the molecule is COc1cc2c(c(OC)c1)[C@H](c1ccc(OCC(=O)O)cc1)C1=C(C[C@H](c3ccc(OC)c(OC)c3)CC1=O)N2. The summed E-state index contributed by atoms with van der Waals surface area (Å²) in [6, 6.07) is 16.6. The lowest BCUT2D eigenvalue weighted by atomic mass is 9.71. The maximum atomic E-state index is 13.9. The zero-order chi connectivity index (χ0) is 28.4. The molecule has 0 fully saturated rings. The second-order valence-electron chi connectivity index (χ2n) is 9.64. The molecule has 2 aliphatic rings. The number of hydrogen-bond acceptors (Lipinski definition) is 8. The minimum Gasteiger partial charge on any atom is -0.497 e. The first kappa shape index (κ1) is 26.9. The molecule has 0 spiro atoms. The molecular weight excluding hydrogens is 514 g/mol. The molecule has 2 N–H and O–H groups in total. The van der Waals surface area contributed by atoms with Crippen molar-refractivity contribution in [2.75, 3.05) is 40.4 Å². The Morgan fingerprint density at radius 3 is 2.17 bits per heavy atom. The normalized spacial score (nSPS) is 17.8. The molecule has 0 saturated heterocycles. The van der Waals surface area contributed by atoms with E-state index in [-0.39, 0.29) is 11.7 Å². The van der Waals surface area contributed by atoms with Crippen molar-refractivity contribution in [3.8, 4) is 28.7 Å². The summed E-state index contributed by atoms with van der Waals surface area (Å²) in [5, 5.41) is 12.5. The van der Waals surface area contributed by atoms with Crippen LogP contribution in [0.5, 0.6) is 28.7 Å². The maximum Gasteiger partial charge on any atom is 0.341 e. The van der Waals surface area contributed by atoms with Crippen LogP contribution in [0.4, 0.5) is 5.69 Å².